The minimum atomic E-state index is -2.61. The van der Waals surface area contributed by atoms with Gasteiger partial charge >= 0.3 is 0 Å². The van der Waals surface area contributed by atoms with Crippen LogP contribution in [0.3, 0.4) is 0 Å². The maximum absolute atomic E-state index is 12.4. The number of hydrogen-bond acceptors (Lipinski definition) is 2. The molecule has 0 aliphatic rings. The van der Waals surface area contributed by atoms with E-state index >= 15 is 0 Å². The molecule has 0 radical (unpaired) electrons. The maximum atomic E-state index is 12.4. The zero-order valence-corrected chi connectivity index (χ0v) is 9.44. The smallest absolute Gasteiger partial charge is 0.266 e. The van der Waals surface area contributed by atoms with Crippen molar-refractivity contribution < 1.29 is 13.5 Å². The van der Waals surface area contributed by atoms with Crippen LogP contribution < -0.4 is 4.74 Å². The molecule has 1 heterocycles. The van der Waals surface area contributed by atoms with E-state index in [0.29, 0.717) is 3.57 Å². The lowest BCUT2D eigenvalue weighted by Gasteiger charge is -2.08. The SMILES string of the molecule is COc1ncc(I)c(C(F)F)c1Cl. The van der Waals surface area contributed by atoms with Crippen LogP contribution in [0.1, 0.15) is 12.0 Å². The van der Waals surface area contributed by atoms with Crippen LogP contribution in [0.25, 0.3) is 0 Å². The van der Waals surface area contributed by atoms with Gasteiger partial charge in [0, 0.05) is 9.77 Å². The summed E-state index contributed by atoms with van der Waals surface area (Å²) in [5, 5.41) is -0.121. The van der Waals surface area contributed by atoms with Gasteiger partial charge in [-0.25, -0.2) is 13.8 Å². The summed E-state index contributed by atoms with van der Waals surface area (Å²) in [6.45, 7) is 0. The predicted octanol–water partition coefficient (Wildman–Crippen LogP) is 3.29. The van der Waals surface area contributed by atoms with Crippen molar-refractivity contribution in [1.29, 1.82) is 0 Å². The van der Waals surface area contributed by atoms with Crippen LogP contribution in [0, 0.1) is 3.57 Å². The van der Waals surface area contributed by atoms with Crippen molar-refractivity contribution in [3.63, 3.8) is 0 Å². The fraction of sp³-hybridized carbons (Fsp3) is 0.286. The van der Waals surface area contributed by atoms with Gasteiger partial charge in [0.2, 0.25) is 5.88 Å². The summed E-state index contributed by atoms with van der Waals surface area (Å²) in [4.78, 5) is 3.74. The van der Waals surface area contributed by atoms with Gasteiger partial charge in [0.05, 0.1) is 12.7 Å². The van der Waals surface area contributed by atoms with Crippen LogP contribution in [0.4, 0.5) is 8.78 Å². The predicted molar refractivity (Wildman–Crippen MR) is 53.5 cm³/mol. The number of rotatable bonds is 2. The average molecular weight is 319 g/mol. The molecule has 1 rings (SSSR count). The van der Waals surface area contributed by atoms with Gasteiger partial charge in [-0.1, -0.05) is 11.6 Å². The Bertz CT molecular complexity index is 322. The van der Waals surface area contributed by atoms with Gasteiger partial charge in [0.15, 0.2) is 0 Å². The number of halogens is 4. The zero-order chi connectivity index (χ0) is 10.0. The summed E-state index contributed by atoms with van der Waals surface area (Å²) < 4.78 is 29.9. The highest BCUT2D eigenvalue weighted by molar-refractivity contribution is 14.1. The molecule has 0 fully saturated rings. The third-order valence-electron chi connectivity index (χ3n) is 1.39. The molecule has 0 saturated heterocycles. The number of alkyl halides is 2. The largest absolute Gasteiger partial charge is 0.480 e. The van der Waals surface area contributed by atoms with Crippen molar-refractivity contribution in [2.24, 2.45) is 0 Å². The van der Waals surface area contributed by atoms with Crippen molar-refractivity contribution in [2.45, 2.75) is 6.43 Å². The van der Waals surface area contributed by atoms with Gasteiger partial charge in [-0.05, 0) is 22.6 Å². The Kier molecular flexibility index (Phi) is 3.66. The van der Waals surface area contributed by atoms with Crippen molar-refractivity contribution in [3.05, 3.63) is 20.4 Å². The van der Waals surface area contributed by atoms with Crippen LogP contribution in [-0.2, 0) is 0 Å². The van der Waals surface area contributed by atoms with Crippen LogP contribution in [0.2, 0.25) is 5.02 Å². The molecule has 0 aliphatic carbocycles. The Morgan fingerprint density at radius 2 is 2.23 bits per heavy atom. The molecule has 1 aromatic rings. The first-order valence-corrected chi connectivity index (χ1v) is 4.69. The Morgan fingerprint density at radius 1 is 1.62 bits per heavy atom. The number of pyridine rings is 1. The first-order valence-electron chi connectivity index (χ1n) is 3.24. The summed E-state index contributed by atoms with van der Waals surface area (Å²) in [5.74, 6) is 0.0254. The van der Waals surface area contributed by atoms with E-state index in [9.17, 15) is 8.78 Å². The minimum absolute atomic E-state index is 0.0254. The molecule has 0 aliphatic heterocycles. The zero-order valence-electron chi connectivity index (χ0n) is 6.52. The van der Waals surface area contributed by atoms with E-state index in [2.05, 4.69) is 4.98 Å². The number of ether oxygens (including phenoxy) is 1. The van der Waals surface area contributed by atoms with Gasteiger partial charge in [-0.2, -0.15) is 0 Å². The van der Waals surface area contributed by atoms with E-state index in [-0.39, 0.29) is 16.5 Å². The highest BCUT2D eigenvalue weighted by Crippen LogP contribution is 2.35. The first kappa shape index (κ1) is 10.9. The topological polar surface area (TPSA) is 22.1 Å². The summed E-state index contributed by atoms with van der Waals surface area (Å²) in [7, 11) is 1.33. The lowest BCUT2D eigenvalue weighted by molar-refractivity contribution is 0.150. The van der Waals surface area contributed by atoms with Crippen LogP contribution in [-0.4, -0.2) is 12.1 Å². The second kappa shape index (κ2) is 4.36. The Balaban J connectivity index is 3.30. The van der Waals surface area contributed by atoms with Gasteiger partial charge in [-0.15, -0.1) is 0 Å². The van der Waals surface area contributed by atoms with Crippen LogP contribution >= 0.6 is 34.2 Å². The third-order valence-corrected chi connectivity index (χ3v) is 2.61. The average Bonchev–Trinajstić information content (AvgIpc) is 2.04. The lowest BCUT2D eigenvalue weighted by Crippen LogP contribution is -1.97. The molecular weight excluding hydrogens is 314 g/mol. The lowest BCUT2D eigenvalue weighted by atomic mass is 10.3. The number of nitrogens with zero attached hydrogens (tertiary/aromatic N) is 1. The Morgan fingerprint density at radius 3 is 2.69 bits per heavy atom. The third kappa shape index (κ3) is 2.19. The molecule has 2 nitrogen and oxygen atoms in total. The summed E-state index contributed by atoms with van der Waals surface area (Å²) in [5.41, 5.74) is -0.228. The van der Waals surface area contributed by atoms with E-state index in [1.165, 1.54) is 13.3 Å². The molecule has 0 unspecified atom stereocenters. The molecule has 0 amide bonds. The number of aromatic nitrogens is 1. The highest BCUT2D eigenvalue weighted by atomic mass is 127. The molecule has 6 heteroatoms. The van der Waals surface area contributed by atoms with Crippen molar-refractivity contribution in [3.8, 4) is 5.88 Å². The molecule has 0 bridgehead atoms. The second-order valence-electron chi connectivity index (χ2n) is 2.14. The van der Waals surface area contributed by atoms with E-state index in [1.807, 2.05) is 0 Å². The van der Waals surface area contributed by atoms with Gasteiger partial charge in [0.25, 0.3) is 6.43 Å². The summed E-state index contributed by atoms with van der Waals surface area (Å²) >= 11 is 7.39. The molecule has 13 heavy (non-hydrogen) atoms. The first-order chi connectivity index (χ1) is 6.07. The standard InChI is InChI=1S/C7H5ClF2INO/c1-13-7-5(8)4(6(9)10)3(11)2-12-7/h2,6H,1H3. The summed E-state index contributed by atoms with van der Waals surface area (Å²) in [6.07, 6.45) is -1.32. The molecule has 0 N–H and O–H groups in total. The molecule has 0 spiro atoms. The highest BCUT2D eigenvalue weighted by Gasteiger charge is 2.19. The van der Waals surface area contributed by atoms with E-state index < -0.39 is 6.43 Å². The Hall–Kier alpha value is -0.170. The fourth-order valence-corrected chi connectivity index (χ4v) is 1.92. The second-order valence-corrected chi connectivity index (χ2v) is 3.68. The molecular formula is C7H5ClF2INO. The molecule has 0 atom stereocenters. The number of methoxy groups -OCH3 is 1. The molecule has 0 aromatic carbocycles. The monoisotopic (exact) mass is 319 g/mol. The Labute approximate surface area is 92.4 Å². The van der Waals surface area contributed by atoms with E-state index in [4.69, 9.17) is 16.3 Å². The van der Waals surface area contributed by atoms with Gasteiger partial charge in [0.1, 0.15) is 5.02 Å². The van der Waals surface area contributed by atoms with Gasteiger partial charge in [-0.3, -0.25) is 0 Å². The summed E-state index contributed by atoms with van der Waals surface area (Å²) in [6, 6.07) is 0. The molecule has 0 saturated carbocycles. The van der Waals surface area contributed by atoms with Crippen molar-refractivity contribution in [1.82, 2.24) is 4.98 Å². The fourth-order valence-electron chi connectivity index (χ4n) is 0.804. The van der Waals surface area contributed by atoms with Crippen LogP contribution in [0.5, 0.6) is 5.88 Å². The van der Waals surface area contributed by atoms with E-state index in [0.717, 1.165) is 0 Å². The molecule has 72 valence electrons. The quantitative estimate of drug-likeness (QED) is 0.781. The van der Waals surface area contributed by atoms with Crippen molar-refractivity contribution >= 4 is 34.2 Å². The van der Waals surface area contributed by atoms with Gasteiger partial charge < -0.3 is 4.74 Å². The minimum Gasteiger partial charge on any atom is -0.480 e. The number of hydrogen-bond donors (Lipinski definition) is 0. The normalized spacial score (nSPS) is 10.6. The molecule has 1 aromatic heterocycles. The van der Waals surface area contributed by atoms with Crippen LogP contribution in [0.15, 0.2) is 6.20 Å². The van der Waals surface area contributed by atoms with E-state index in [1.54, 1.807) is 22.6 Å². The van der Waals surface area contributed by atoms with Crippen molar-refractivity contribution in [2.75, 3.05) is 7.11 Å². The maximum Gasteiger partial charge on any atom is 0.266 e.